The number of fused-ring (bicyclic) bond motifs is 1. The molecule has 2 aromatic carbocycles. The molecule has 0 fully saturated rings. The molecule has 5 heteroatoms. The number of urea groups is 1. The first-order chi connectivity index (χ1) is 9.65. The topological polar surface area (TPSA) is 32.3 Å². The lowest BCUT2D eigenvalue weighted by Crippen LogP contribution is -2.33. The van der Waals surface area contributed by atoms with Crippen LogP contribution in [0.5, 0.6) is 0 Å². The van der Waals surface area contributed by atoms with Crippen LogP contribution < -0.4 is 10.2 Å². The van der Waals surface area contributed by atoms with Crippen molar-refractivity contribution in [3.05, 3.63) is 58.1 Å². The van der Waals surface area contributed by atoms with Crippen molar-refractivity contribution in [2.75, 3.05) is 16.8 Å². The number of nitrogens with zero attached hydrogens (tertiary/aromatic N) is 1. The summed E-state index contributed by atoms with van der Waals surface area (Å²) in [5.74, 6) is 0. The molecule has 0 spiro atoms. The van der Waals surface area contributed by atoms with Crippen LogP contribution in [0.25, 0.3) is 0 Å². The van der Waals surface area contributed by atoms with Crippen LogP contribution in [0.3, 0.4) is 0 Å². The Morgan fingerprint density at radius 2 is 1.95 bits per heavy atom. The van der Waals surface area contributed by atoms with E-state index in [0.29, 0.717) is 22.3 Å². The number of nitrogens with one attached hydrogen (secondary N) is 1. The Bertz CT molecular complexity index is 673. The first-order valence-corrected chi connectivity index (χ1v) is 7.02. The predicted molar refractivity (Wildman–Crippen MR) is 83.0 cm³/mol. The molecule has 1 aliphatic heterocycles. The fourth-order valence-corrected chi connectivity index (χ4v) is 2.78. The summed E-state index contributed by atoms with van der Waals surface area (Å²) < 4.78 is 0. The van der Waals surface area contributed by atoms with Gasteiger partial charge in [0.05, 0.1) is 10.7 Å². The predicted octanol–water partition coefficient (Wildman–Crippen LogP) is 4.59. The van der Waals surface area contributed by atoms with Gasteiger partial charge in [0.15, 0.2) is 0 Å². The molecule has 0 unspecified atom stereocenters. The number of carbonyl (C=O) groups is 1. The average molecular weight is 307 g/mol. The molecule has 3 nitrogen and oxygen atoms in total. The Kier molecular flexibility index (Phi) is 3.55. The number of hydrogen-bond donors (Lipinski definition) is 1. The molecule has 0 aromatic heterocycles. The third-order valence-corrected chi connectivity index (χ3v) is 3.85. The van der Waals surface area contributed by atoms with E-state index < -0.39 is 0 Å². The molecular formula is C15H12Cl2N2O. The highest BCUT2D eigenvalue weighted by atomic mass is 35.5. The number of anilines is 2. The molecule has 0 bridgehead atoms. The fraction of sp³-hybridized carbons (Fsp3) is 0.133. The van der Waals surface area contributed by atoms with Gasteiger partial charge in [-0.1, -0.05) is 41.4 Å². The highest BCUT2D eigenvalue weighted by molar-refractivity contribution is 6.36. The molecule has 2 amide bonds. The molecular weight excluding hydrogens is 295 g/mol. The largest absolute Gasteiger partial charge is 0.326 e. The summed E-state index contributed by atoms with van der Waals surface area (Å²) in [5.41, 5.74) is 2.70. The molecule has 0 aliphatic carbocycles. The zero-order chi connectivity index (χ0) is 14.1. The third-order valence-electron chi connectivity index (χ3n) is 3.31. The molecule has 0 radical (unpaired) electrons. The van der Waals surface area contributed by atoms with E-state index in [4.69, 9.17) is 23.2 Å². The molecule has 1 N–H and O–H groups in total. The van der Waals surface area contributed by atoms with Gasteiger partial charge in [-0.05, 0) is 36.2 Å². The van der Waals surface area contributed by atoms with Crippen molar-refractivity contribution in [1.29, 1.82) is 0 Å². The minimum absolute atomic E-state index is 0.181. The number of amides is 2. The smallest absolute Gasteiger partial charge is 0.306 e. The van der Waals surface area contributed by atoms with Crippen molar-refractivity contribution >= 4 is 40.6 Å². The molecule has 0 saturated heterocycles. The van der Waals surface area contributed by atoms with Crippen LogP contribution >= 0.6 is 23.2 Å². The van der Waals surface area contributed by atoms with Crippen molar-refractivity contribution < 1.29 is 4.79 Å². The number of carbonyl (C=O) groups excluding carboxylic acids is 1. The Morgan fingerprint density at radius 3 is 2.75 bits per heavy atom. The summed E-state index contributed by atoms with van der Waals surface area (Å²) in [4.78, 5) is 14.1. The second-order valence-electron chi connectivity index (χ2n) is 4.58. The molecule has 0 saturated carbocycles. The van der Waals surface area contributed by atoms with E-state index in [-0.39, 0.29) is 6.03 Å². The molecule has 20 heavy (non-hydrogen) atoms. The number of rotatable bonds is 1. The second kappa shape index (κ2) is 5.35. The van der Waals surface area contributed by atoms with Crippen molar-refractivity contribution in [2.24, 2.45) is 0 Å². The average Bonchev–Trinajstić information content (AvgIpc) is 2.86. The van der Waals surface area contributed by atoms with Gasteiger partial charge in [-0.2, -0.15) is 0 Å². The van der Waals surface area contributed by atoms with E-state index >= 15 is 0 Å². The van der Waals surface area contributed by atoms with Crippen molar-refractivity contribution in [1.82, 2.24) is 0 Å². The van der Waals surface area contributed by atoms with Crippen molar-refractivity contribution in [2.45, 2.75) is 6.42 Å². The van der Waals surface area contributed by atoms with E-state index in [9.17, 15) is 4.79 Å². The lowest BCUT2D eigenvalue weighted by molar-refractivity contribution is 0.257. The van der Waals surface area contributed by atoms with Crippen LogP contribution in [0.1, 0.15) is 5.56 Å². The Morgan fingerprint density at radius 1 is 1.15 bits per heavy atom. The molecule has 0 atom stereocenters. The zero-order valence-electron chi connectivity index (χ0n) is 10.6. The van der Waals surface area contributed by atoms with Crippen molar-refractivity contribution in [3.63, 3.8) is 0 Å². The lowest BCUT2D eigenvalue weighted by atomic mass is 10.2. The maximum Gasteiger partial charge on any atom is 0.326 e. The minimum Gasteiger partial charge on any atom is -0.306 e. The maximum absolute atomic E-state index is 12.3. The highest BCUT2D eigenvalue weighted by Crippen LogP contribution is 2.30. The minimum atomic E-state index is -0.181. The summed E-state index contributed by atoms with van der Waals surface area (Å²) in [6.45, 7) is 0.677. The van der Waals surface area contributed by atoms with E-state index in [1.807, 2.05) is 24.3 Å². The van der Waals surface area contributed by atoms with Crippen LogP contribution in [0.4, 0.5) is 16.2 Å². The molecule has 1 aliphatic rings. The van der Waals surface area contributed by atoms with E-state index in [1.165, 1.54) is 5.56 Å². The second-order valence-corrected chi connectivity index (χ2v) is 5.43. The van der Waals surface area contributed by atoms with E-state index in [0.717, 1.165) is 12.1 Å². The number of benzene rings is 2. The Balaban J connectivity index is 1.81. The summed E-state index contributed by atoms with van der Waals surface area (Å²) >= 11 is 11.9. The molecule has 102 valence electrons. The number of para-hydroxylation sites is 1. The van der Waals surface area contributed by atoms with Gasteiger partial charge in [0, 0.05) is 17.3 Å². The van der Waals surface area contributed by atoms with Crippen LogP contribution in [0.15, 0.2) is 42.5 Å². The van der Waals surface area contributed by atoms with Gasteiger partial charge in [-0.25, -0.2) is 4.79 Å². The first kappa shape index (κ1) is 13.3. The SMILES string of the molecule is O=C(Nc1ccc(Cl)cc1Cl)N1CCc2ccccc21. The molecule has 2 aromatic rings. The van der Waals surface area contributed by atoms with Gasteiger partial charge in [-0.3, -0.25) is 4.90 Å². The number of hydrogen-bond acceptors (Lipinski definition) is 1. The van der Waals surface area contributed by atoms with Gasteiger partial charge in [0.1, 0.15) is 0 Å². The van der Waals surface area contributed by atoms with E-state index in [2.05, 4.69) is 5.32 Å². The van der Waals surface area contributed by atoms with Crippen molar-refractivity contribution in [3.8, 4) is 0 Å². The van der Waals surface area contributed by atoms with E-state index in [1.54, 1.807) is 23.1 Å². The highest BCUT2D eigenvalue weighted by Gasteiger charge is 2.24. The quantitative estimate of drug-likeness (QED) is 0.821. The van der Waals surface area contributed by atoms with Gasteiger partial charge < -0.3 is 5.32 Å². The maximum atomic E-state index is 12.3. The van der Waals surface area contributed by atoms with Gasteiger partial charge in [0.2, 0.25) is 0 Å². The first-order valence-electron chi connectivity index (χ1n) is 6.26. The molecule has 1 heterocycles. The van der Waals surface area contributed by atoms with Gasteiger partial charge in [-0.15, -0.1) is 0 Å². The fourth-order valence-electron chi connectivity index (χ4n) is 2.32. The molecule has 3 rings (SSSR count). The third kappa shape index (κ3) is 2.47. The lowest BCUT2D eigenvalue weighted by Gasteiger charge is -2.18. The Labute approximate surface area is 127 Å². The summed E-state index contributed by atoms with van der Waals surface area (Å²) in [6.07, 6.45) is 0.873. The standard InChI is InChI=1S/C15H12Cl2N2O/c16-11-5-6-13(12(17)9-11)18-15(20)19-8-7-10-3-1-2-4-14(10)19/h1-6,9H,7-8H2,(H,18,20). The Hall–Kier alpha value is -1.71. The van der Waals surface area contributed by atoms with Crippen LogP contribution in [0, 0.1) is 0 Å². The summed E-state index contributed by atoms with van der Waals surface area (Å²) in [6, 6.07) is 12.7. The van der Waals surface area contributed by atoms with Crippen LogP contribution in [-0.2, 0) is 6.42 Å². The summed E-state index contributed by atoms with van der Waals surface area (Å²) in [7, 11) is 0. The zero-order valence-corrected chi connectivity index (χ0v) is 12.1. The summed E-state index contributed by atoms with van der Waals surface area (Å²) in [5, 5.41) is 3.79. The van der Waals surface area contributed by atoms with Crippen LogP contribution in [0.2, 0.25) is 10.0 Å². The normalized spacial score (nSPS) is 13.2. The van der Waals surface area contributed by atoms with Gasteiger partial charge in [0.25, 0.3) is 0 Å². The monoisotopic (exact) mass is 306 g/mol. The number of halogens is 2. The van der Waals surface area contributed by atoms with Gasteiger partial charge >= 0.3 is 6.03 Å². The van der Waals surface area contributed by atoms with Crippen LogP contribution in [-0.4, -0.2) is 12.6 Å².